The molecule has 1 heterocycles. The highest BCUT2D eigenvalue weighted by atomic mass is 35.5. The van der Waals surface area contributed by atoms with E-state index in [1.165, 1.54) is 5.56 Å². The van der Waals surface area contributed by atoms with E-state index in [-0.39, 0.29) is 24.8 Å². The van der Waals surface area contributed by atoms with Gasteiger partial charge < -0.3 is 9.72 Å². The number of hydrogen-bond acceptors (Lipinski definition) is 3. The van der Waals surface area contributed by atoms with Crippen LogP contribution in [0.5, 0.6) is 5.75 Å². The molecular weight excluding hydrogens is 393 g/mol. The summed E-state index contributed by atoms with van der Waals surface area (Å²) in [6.07, 6.45) is 1.86. The average molecular weight is 415 g/mol. The summed E-state index contributed by atoms with van der Waals surface area (Å²) in [7, 11) is 3.73. The van der Waals surface area contributed by atoms with Crippen molar-refractivity contribution in [3.63, 3.8) is 0 Å². The Kier molecular flexibility index (Phi) is 8.96. The lowest BCUT2D eigenvalue weighted by atomic mass is 10.2. The zero-order valence-electron chi connectivity index (χ0n) is 14.6. The summed E-state index contributed by atoms with van der Waals surface area (Å²) in [5.74, 6) is 1.51. The molecule has 0 radical (unpaired) electrons. The van der Waals surface area contributed by atoms with Crippen molar-refractivity contribution in [2.75, 3.05) is 14.2 Å². The molecule has 0 bridgehead atoms. The minimum Gasteiger partial charge on any atom is -0.496 e. The molecule has 0 atom stereocenters. The predicted molar refractivity (Wildman–Crippen MR) is 112 cm³/mol. The number of nitrogens with one attached hydrogen (secondary N) is 1. The molecule has 0 aliphatic rings. The summed E-state index contributed by atoms with van der Waals surface area (Å²) in [5.41, 5.74) is 3.20. The van der Waals surface area contributed by atoms with Crippen molar-refractivity contribution < 1.29 is 4.74 Å². The van der Waals surface area contributed by atoms with E-state index in [9.17, 15) is 0 Å². The highest BCUT2D eigenvalue weighted by Crippen LogP contribution is 2.30. The largest absolute Gasteiger partial charge is 0.496 e. The molecule has 1 aromatic heterocycles. The second-order valence-corrected chi connectivity index (χ2v) is 6.20. The Hall–Kier alpha value is -1.72. The quantitative estimate of drug-likeness (QED) is 0.601. The number of aromatic amines is 1. The lowest BCUT2D eigenvalue weighted by molar-refractivity contribution is 0.315. The number of nitrogens with zero attached hydrogens (tertiary/aromatic N) is 2. The molecule has 3 aromatic rings. The van der Waals surface area contributed by atoms with Gasteiger partial charge in [0.15, 0.2) is 0 Å². The van der Waals surface area contributed by atoms with Gasteiger partial charge in [0.25, 0.3) is 0 Å². The van der Waals surface area contributed by atoms with E-state index in [0.29, 0.717) is 5.02 Å². The number of hydrogen-bond donors (Lipinski definition) is 1. The molecule has 140 valence electrons. The Morgan fingerprint density at radius 2 is 1.81 bits per heavy atom. The third-order valence-corrected chi connectivity index (χ3v) is 4.02. The standard InChI is InChI=1S/C19H20ClN3O.2ClH/c1-23(12-14-6-4-3-5-7-14)13-16-11-21-19(22-16)17-10-15(20)8-9-18(17)24-2;;/h3-11H,12-13H2,1-2H3,(H,21,22);2*1H. The lowest BCUT2D eigenvalue weighted by Gasteiger charge is -2.15. The second kappa shape index (κ2) is 10.4. The molecule has 7 heteroatoms. The van der Waals surface area contributed by atoms with E-state index in [1.54, 1.807) is 13.2 Å². The Bertz CT molecular complexity index is 809. The fourth-order valence-electron chi connectivity index (χ4n) is 2.68. The summed E-state index contributed by atoms with van der Waals surface area (Å²) in [6.45, 7) is 1.67. The second-order valence-electron chi connectivity index (χ2n) is 5.76. The molecule has 3 rings (SSSR count). The first-order valence-corrected chi connectivity index (χ1v) is 8.14. The van der Waals surface area contributed by atoms with Crippen LogP contribution >= 0.6 is 36.4 Å². The zero-order valence-corrected chi connectivity index (χ0v) is 17.0. The molecular formula is C19H22Cl3N3O. The van der Waals surface area contributed by atoms with Crippen molar-refractivity contribution in [3.05, 3.63) is 71.0 Å². The number of H-pyrrole nitrogens is 1. The van der Waals surface area contributed by atoms with Crippen LogP contribution in [0.3, 0.4) is 0 Å². The van der Waals surface area contributed by atoms with E-state index in [2.05, 4.69) is 46.2 Å². The number of benzene rings is 2. The van der Waals surface area contributed by atoms with Gasteiger partial charge in [0.05, 0.1) is 12.7 Å². The lowest BCUT2D eigenvalue weighted by Crippen LogP contribution is -2.17. The van der Waals surface area contributed by atoms with E-state index in [4.69, 9.17) is 16.3 Å². The highest BCUT2D eigenvalue weighted by molar-refractivity contribution is 6.30. The van der Waals surface area contributed by atoms with Gasteiger partial charge in [0.2, 0.25) is 0 Å². The topological polar surface area (TPSA) is 41.1 Å². The molecule has 0 aliphatic heterocycles. The summed E-state index contributed by atoms with van der Waals surface area (Å²) in [6, 6.07) is 15.9. The first-order valence-electron chi connectivity index (χ1n) is 7.76. The molecule has 1 N–H and O–H groups in total. The molecule has 26 heavy (non-hydrogen) atoms. The van der Waals surface area contributed by atoms with Gasteiger partial charge in [-0.05, 0) is 30.8 Å². The normalized spacial score (nSPS) is 10.2. The molecule has 0 fully saturated rings. The number of halogens is 3. The maximum atomic E-state index is 6.10. The van der Waals surface area contributed by atoms with Crippen LogP contribution in [0.1, 0.15) is 11.3 Å². The summed E-state index contributed by atoms with van der Waals surface area (Å²) in [4.78, 5) is 10.1. The van der Waals surface area contributed by atoms with Gasteiger partial charge in [0.1, 0.15) is 11.6 Å². The Morgan fingerprint density at radius 3 is 2.50 bits per heavy atom. The van der Waals surface area contributed by atoms with Gasteiger partial charge in [-0.25, -0.2) is 4.98 Å². The average Bonchev–Trinajstić information content (AvgIpc) is 3.04. The summed E-state index contributed by atoms with van der Waals surface area (Å²) in [5, 5.41) is 0.657. The summed E-state index contributed by atoms with van der Waals surface area (Å²) >= 11 is 6.10. The van der Waals surface area contributed by atoms with Crippen LogP contribution in [0.4, 0.5) is 0 Å². The van der Waals surface area contributed by atoms with Crippen molar-refractivity contribution in [2.24, 2.45) is 0 Å². The fourth-order valence-corrected chi connectivity index (χ4v) is 2.86. The van der Waals surface area contributed by atoms with Crippen molar-refractivity contribution in [2.45, 2.75) is 13.1 Å². The zero-order chi connectivity index (χ0) is 16.9. The van der Waals surface area contributed by atoms with Gasteiger partial charge in [-0.3, -0.25) is 4.90 Å². The van der Waals surface area contributed by atoms with Gasteiger partial charge >= 0.3 is 0 Å². The van der Waals surface area contributed by atoms with Crippen molar-refractivity contribution in [3.8, 4) is 17.1 Å². The van der Waals surface area contributed by atoms with Gasteiger partial charge in [-0.15, -0.1) is 24.8 Å². The van der Waals surface area contributed by atoms with Crippen molar-refractivity contribution in [1.29, 1.82) is 0 Å². The number of methoxy groups -OCH3 is 1. The van der Waals surface area contributed by atoms with Crippen LogP contribution in [0.2, 0.25) is 5.02 Å². The van der Waals surface area contributed by atoms with Crippen LogP contribution in [0, 0.1) is 0 Å². The van der Waals surface area contributed by atoms with E-state index >= 15 is 0 Å². The number of aromatic nitrogens is 2. The molecule has 0 spiro atoms. The van der Waals surface area contributed by atoms with E-state index < -0.39 is 0 Å². The first-order chi connectivity index (χ1) is 11.7. The van der Waals surface area contributed by atoms with Gasteiger partial charge in [0, 0.05) is 30.0 Å². The van der Waals surface area contributed by atoms with Crippen LogP contribution in [-0.4, -0.2) is 29.0 Å². The SMILES string of the molecule is COc1ccc(Cl)cc1-c1ncc(CN(C)Cc2ccccc2)[nH]1.Cl.Cl. The maximum Gasteiger partial charge on any atom is 0.141 e. The minimum absolute atomic E-state index is 0. The van der Waals surface area contributed by atoms with Crippen molar-refractivity contribution >= 4 is 36.4 Å². The molecule has 0 amide bonds. The maximum absolute atomic E-state index is 6.10. The van der Waals surface area contributed by atoms with Gasteiger partial charge in [-0.2, -0.15) is 0 Å². The molecule has 0 aliphatic carbocycles. The van der Waals surface area contributed by atoms with Crippen LogP contribution < -0.4 is 4.74 Å². The first kappa shape index (κ1) is 22.3. The monoisotopic (exact) mass is 413 g/mol. The predicted octanol–water partition coefficient (Wildman–Crippen LogP) is 5.21. The Morgan fingerprint density at radius 1 is 1.08 bits per heavy atom. The molecule has 0 saturated carbocycles. The van der Waals surface area contributed by atoms with Crippen molar-refractivity contribution in [1.82, 2.24) is 14.9 Å². The third-order valence-electron chi connectivity index (χ3n) is 3.78. The van der Waals surface area contributed by atoms with Crippen LogP contribution in [0.25, 0.3) is 11.4 Å². The van der Waals surface area contributed by atoms with Gasteiger partial charge in [-0.1, -0.05) is 41.9 Å². The Labute approximate surface area is 171 Å². The van der Waals surface area contributed by atoms with E-state index in [1.807, 2.05) is 24.4 Å². The number of ether oxygens (including phenoxy) is 1. The smallest absolute Gasteiger partial charge is 0.141 e. The van der Waals surface area contributed by atoms with Crippen LogP contribution in [-0.2, 0) is 13.1 Å². The number of rotatable bonds is 6. The fraction of sp³-hybridized carbons (Fsp3) is 0.211. The molecule has 4 nitrogen and oxygen atoms in total. The highest BCUT2D eigenvalue weighted by Gasteiger charge is 2.11. The number of imidazole rings is 1. The molecule has 0 saturated heterocycles. The van der Waals surface area contributed by atoms with E-state index in [0.717, 1.165) is 35.9 Å². The summed E-state index contributed by atoms with van der Waals surface area (Å²) < 4.78 is 5.40. The van der Waals surface area contributed by atoms with Crippen LogP contribution in [0.15, 0.2) is 54.7 Å². The minimum atomic E-state index is 0. The third kappa shape index (κ3) is 5.64. The molecule has 0 unspecified atom stereocenters. The Balaban J connectivity index is 0.00000169. The molecule has 2 aromatic carbocycles.